The number of allylic oxidation sites excluding steroid dienone is 1. The summed E-state index contributed by atoms with van der Waals surface area (Å²) in [5.41, 5.74) is 4.05. The highest BCUT2D eigenvalue weighted by Gasteiger charge is 2.03. The molecule has 1 heteroatoms. The van der Waals surface area contributed by atoms with E-state index in [1.54, 1.807) is 0 Å². The standard InChI is InChI=1S/C11H9Br/c12-7-6-9-4-5-10-2-1-3-11(10)8-9/h1-2,4-8H,3H2/b7-6+. The van der Waals surface area contributed by atoms with Crippen molar-refractivity contribution < 1.29 is 0 Å². The van der Waals surface area contributed by atoms with Crippen molar-refractivity contribution in [2.75, 3.05) is 0 Å². The Morgan fingerprint density at radius 3 is 3.08 bits per heavy atom. The first-order valence-corrected chi connectivity index (χ1v) is 4.88. The summed E-state index contributed by atoms with van der Waals surface area (Å²) in [5, 5.41) is 0. The van der Waals surface area contributed by atoms with Gasteiger partial charge in [0.05, 0.1) is 0 Å². The fourth-order valence-corrected chi connectivity index (χ4v) is 1.76. The number of hydrogen-bond acceptors (Lipinski definition) is 0. The maximum atomic E-state index is 3.27. The van der Waals surface area contributed by atoms with Crippen molar-refractivity contribution in [2.45, 2.75) is 6.42 Å². The van der Waals surface area contributed by atoms with E-state index in [1.165, 1.54) is 16.7 Å². The van der Waals surface area contributed by atoms with Gasteiger partial charge < -0.3 is 0 Å². The Labute approximate surface area is 80.7 Å². The Morgan fingerprint density at radius 2 is 2.25 bits per heavy atom. The molecule has 0 nitrogen and oxygen atoms in total. The van der Waals surface area contributed by atoms with Crippen LogP contribution in [0.2, 0.25) is 0 Å². The third-order valence-corrected chi connectivity index (χ3v) is 2.32. The van der Waals surface area contributed by atoms with E-state index in [1.807, 2.05) is 4.99 Å². The highest BCUT2D eigenvalue weighted by molar-refractivity contribution is 9.11. The summed E-state index contributed by atoms with van der Waals surface area (Å²) in [6.45, 7) is 0. The average Bonchev–Trinajstić information content (AvgIpc) is 2.51. The maximum absolute atomic E-state index is 3.27. The van der Waals surface area contributed by atoms with Gasteiger partial charge in [0.15, 0.2) is 0 Å². The molecule has 1 aliphatic rings. The van der Waals surface area contributed by atoms with Crippen molar-refractivity contribution in [3.8, 4) is 0 Å². The van der Waals surface area contributed by atoms with Crippen LogP contribution in [0, 0.1) is 0 Å². The van der Waals surface area contributed by atoms with Gasteiger partial charge in [0.25, 0.3) is 0 Å². The topological polar surface area (TPSA) is 0 Å². The van der Waals surface area contributed by atoms with E-state index < -0.39 is 0 Å². The summed E-state index contributed by atoms with van der Waals surface area (Å²) in [4.78, 5) is 1.89. The van der Waals surface area contributed by atoms with E-state index in [9.17, 15) is 0 Å². The van der Waals surface area contributed by atoms with E-state index in [4.69, 9.17) is 0 Å². The third kappa shape index (κ3) is 1.37. The first kappa shape index (κ1) is 7.81. The predicted octanol–water partition coefficient (Wildman–Crippen LogP) is 3.62. The molecule has 60 valence electrons. The quantitative estimate of drug-likeness (QED) is 0.679. The van der Waals surface area contributed by atoms with Gasteiger partial charge in [0.2, 0.25) is 0 Å². The van der Waals surface area contributed by atoms with Gasteiger partial charge in [-0.25, -0.2) is 0 Å². The summed E-state index contributed by atoms with van der Waals surface area (Å²) in [6, 6.07) is 6.53. The van der Waals surface area contributed by atoms with E-state index in [2.05, 4.69) is 52.4 Å². The van der Waals surface area contributed by atoms with Gasteiger partial charge in [-0.15, -0.1) is 0 Å². The molecule has 0 spiro atoms. The Balaban J connectivity index is 2.42. The molecule has 0 N–H and O–H groups in total. The molecule has 0 radical (unpaired) electrons. The fraction of sp³-hybridized carbons (Fsp3) is 0.0909. The lowest BCUT2D eigenvalue weighted by Crippen LogP contribution is -1.82. The van der Waals surface area contributed by atoms with Crippen LogP contribution < -0.4 is 0 Å². The zero-order chi connectivity index (χ0) is 8.39. The molecular weight excluding hydrogens is 212 g/mol. The highest BCUT2D eigenvalue weighted by Crippen LogP contribution is 2.21. The molecule has 1 aliphatic carbocycles. The zero-order valence-corrected chi connectivity index (χ0v) is 8.21. The molecule has 0 aromatic heterocycles. The van der Waals surface area contributed by atoms with Crippen LogP contribution in [-0.4, -0.2) is 0 Å². The van der Waals surface area contributed by atoms with E-state index in [0.717, 1.165) is 6.42 Å². The van der Waals surface area contributed by atoms with Crippen LogP contribution in [0.1, 0.15) is 16.7 Å². The highest BCUT2D eigenvalue weighted by atomic mass is 79.9. The number of halogens is 1. The molecular formula is C11H9Br. The minimum atomic E-state index is 1.08. The van der Waals surface area contributed by atoms with E-state index in [0.29, 0.717) is 0 Å². The Morgan fingerprint density at radius 1 is 1.33 bits per heavy atom. The second-order valence-electron chi connectivity index (χ2n) is 2.86. The van der Waals surface area contributed by atoms with E-state index >= 15 is 0 Å². The van der Waals surface area contributed by atoms with Crippen LogP contribution >= 0.6 is 15.9 Å². The average molecular weight is 221 g/mol. The van der Waals surface area contributed by atoms with Crippen LogP contribution in [0.4, 0.5) is 0 Å². The molecule has 0 amide bonds. The van der Waals surface area contributed by atoms with E-state index in [-0.39, 0.29) is 0 Å². The normalized spacial score (nSPS) is 14.1. The van der Waals surface area contributed by atoms with Gasteiger partial charge in [0, 0.05) is 0 Å². The Bertz CT molecular complexity index is 348. The van der Waals surface area contributed by atoms with Crippen molar-refractivity contribution in [3.63, 3.8) is 0 Å². The molecule has 1 aromatic rings. The van der Waals surface area contributed by atoms with Crippen LogP contribution in [0.3, 0.4) is 0 Å². The molecule has 0 saturated heterocycles. The van der Waals surface area contributed by atoms with Crippen molar-refractivity contribution in [1.82, 2.24) is 0 Å². The third-order valence-electron chi connectivity index (χ3n) is 2.06. The molecule has 0 saturated carbocycles. The summed E-state index contributed by atoms with van der Waals surface area (Å²) in [6.07, 6.45) is 7.52. The largest absolute Gasteiger partial charge is 0.0795 e. The second-order valence-corrected chi connectivity index (χ2v) is 3.39. The lowest BCUT2D eigenvalue weighted by atomic mass is 10.1. The minimum Gasteiger partial charge on any atom is -0.0795 e. The molecule has 0 fully saturated rings. The molecule has 12 heavy (non-hydrogen) atoms. The fourth-order valence-electron chi connectivity index (χ4n) is 1.45. The SMILES string of the molecule is Br/C=C/c1ccc2c(c1)CC=C2. The maximum Gasteiger partial charge on any atom is -0.00880 e. The number of fused-ring (bicyclic) bond motifs is 1. The van der Waals surface area contributed by atoms with Crippen LogP contribution in [0.5, 0.6) is 0 Å². The van der Waals surface area contributed by atoms with Gasteiger partial charge in [-0.05, 0) is 34.2 Å². The Kier molecular flexibility index (Phi) is 2.13. The monoisotopic (exact) mass is 220 g/mol. The first-order chi connectivity index (χ1) is 5.90. The smallest absolute Gasteiger partial charge is 0.00880 e. The van der Waals surface area contributed by atoms with Crippen molar-refractivity contribution in [2.24, 2.45) is 0 Å². The van der Waals surface area contributed by atoms with Gasteiger partial charge in [-0.1, -0.05) is 46.3 Å². The Hall–Kier alpha value is -0.820. The summed E-state index contributed by atoms with van der Waals surface area (Å²) < 4.78 is 0. The molecule has 0 heterocycles. The van der Waals surface area contributed by atoms with Crippen molar-refractivity contribution in [1.29, 1.82) is 0 Å². The number of hydrogen-bond donors (Lipinski definition) is 0. The number of rotatable bonds is 1. The van der Waals surface area contributed by atoms with Crippen molar-refractivity contribution in [3.05, 3.63) is 46.0 Å². The molecule has 2 rings (SSSR count). The number of benzene rings is 1. The lowest BCUT2D eigenvalue weighted by Gasteiger charge is -1.99. The molecule has 0 bridgehead atoms. The van der Waals surface area contributed by atoms with Gasteiger partial charge in [0.1, 0.15) is 0 Å². The van der Waals surface area contributed by atoms with Crippen LogP contribution in [0.25, 0.3) is 12.2 Å². The van der Waals surface area contributed by atoms with Gasteiger partial charge in [-0.3, -0.25) is 0 Å². The zero-order valence-electron chi connectivity index (χ0n) is 6.63. The molecule has 0 atom stereocenters. The predicted molar refractivity (Wildman–Crippen MR) is 57.1 cm³/mol. The minimum absolute atomic E-state index is 1.08. The first-order valence-electron chi connectivity index (χ1n) is 3.96. The molecule has 0 unspecified atom stereocenters. The van der Waals surface area contributed by atoms with Crippen molar-refractivity contribution >= 4 is 28.1 Å². The lowest BCUT2D eigenvalue weighted by molar-refractivity contribution is 1.31. The van der Waals surface area contributed by atoms with Gasteiger partial charge >= 0.3 is 0 Å². The summed E-state index contributed by atoms with van der Waals surface area (Å²) in [5.74, 6) is 0. The molecule has 1 aromatic carbocycles. The second kappa shape index (κ2) is 3.28. The van der Waals surface area contributed by atoms with Crippen LogP contribution in [0.15, 0.2) is 29.3 Å². The van der Waals surface area contributed by atoms with Gasteiger partial charge in [-0.2, -0.15) is 0 Å². The summed E-state index contributed by atoms with van der Waals surface area (Å²) in [7, 11) is 0. The van der Waals surface area contributed by atoms with Crippen LogP contribution in [-0.2, 0) is 6.42 Å². The molecule has 0 aliphatic heterocycles. The summed E-state index contributed by atoms with van der Waals surface area (Å²) >= 11 is 3.27.